The summed E-state index contributed by atoms with van der Waals surface area (Å²) in [5.74, 6) is -1.15. The van der Waals surface area contributed by atoms with Crippen molar-refractivity contribution in [2.24, 2.45) is 0 Å². The summed E-state index contributed by atoms with van der Waals surface area (Å²) in [7, 11) is 2.45. The number of carbonyl (C=O) groups excluding carboxylic acids is 1. The molecule has 8 nitrogen and oxygen atoms in total. The van der Waals surface area contributed by atoms with Crippen LogP contribution in [-0.4, -0.2) is 45.7 Å². The summed E-state index contributed by atoms with van der Waals surface area (Å²) in [5.41, 5.74) is 0. The molecule has 1 N–H and O–H groups in total. The minimum Gasteiger partial charge on any atom is -0.463 e. The number of carbonyl (C=O) groups is 1. The standard InChI is InChI=1S/C6H8N4O4/c1-13-5(11)3-7-9-4(10-8-3)6(12)14-2/h5,11H,1-2H3. The molecule has 1 rings (SSSR count). The summed E-state index contributed by atoms with van der Waals surface area (Å²) in [6, 6.07) is 0. The Labute approximate surface area is 78.9 Å². The van der Waals surface area contributed by atoms with Crippen molar-refractivity contribution in [3.05, 3.63) is 11.6 Å². The summed E-state index contributed by atoms with van der Waals surface area (Å²) >= 11 is 0. The van der Waals surface area contributed by atoms with Crippen LogP contribution < -0.4 is 0 Å². The van der Waals surface area contributed by atoms with E-state index in [0.29, 0.717) is 0 Å². The third kappa shape index (κ3) is 2.18. The van der Waals surface area contributed by atoms with Crippen molar-refractivity contribution >= 4 is 5.97 Å². The lowest BCUT2D eigenvalue weighted by molar-refractivity contribution is -0.0843. The first-order chi connectivity index (χ1) is 6.69. The maximum Gasteiger partial charge on any atom is 0.379 e. The molecule has 1 aromatic heterocycles. The zero-order valence-electron chi connectivity index (χ0n) is 7.54. The molecule has 0 radical (unpaired) electrons. The van der Waals surface area contributed by atoms with Gasteiger partial charge >= 0.3 is 5.97 Å². The summed E-state index contributed by atoms with van der Waals surface area (Å²) in [5, 5.41) is 22.7. The predicted octanol–water partition coefficient (Wildman–Crippen LogP) is -1.31. The Morgan fingerprint density at radius 3 is 2.29 bits per heavy atom. The van der Waals surface area contributed by atoms with Crippen LogP contribution in [0.3, 0.4) is 0 Å². The molecule has 0 aromatic carbocycles. The molecule has 0 fully saturated rings. The first-order valence-corrected chi connectivity index (χ1v) is 3.55. The average molecular weight is 200 g/mol. The molecule has 0 aliphatic rings. The van der Waals surface area contributed by atoms with Crippen molar-refractivity contribution in [3.8, 4) is 0 Å². The number of hydrogen-bond acceptors (Lipinski definition) is 8. The molecule has 0 saturated heterocycles. The topological polar surface area (TPSA) is 107 Å². The molecule has 0 spiro atoms. The molecule has 0 amide bonds. The fourth-order valence-corrected chi connectivity index (χ4v) is 0.614. The van der Waals surface area contributed by atoms with Crippen LogP contribution in [0.15, 0.2) is 0 Å². The Kier molecular flexibility index (Phi) is 3.37. The van der Waals surface area contributed by atoms with Crippen molar-refractivity contribution in [1.82, 2.24) is 20.4 Å². The van der Waals surface area contributed by atoms with E-state index in [2.05, 4.69) is 29.9 Å². The van der Waals surface area contributed by atoms with Crippen LogP contribution in [0.25, 0.3) is 0 Å². The van der Waals surface area contributed by atoms with Gasteiger partial charge in [0.2, 0.25) is 12.1 Å². The number of ether oxygens (including phenoxy) is 2. The van der Waals surface area contributed by atoms with Gasteiger partial charge in [-0.1, -0.05) is 0 Å². The molecule has 1 heterocycles. The highest BCUT2D eigenvalue weighted by Crippen LogP contribution is 2.03. The van der Waals surface area contributed by atoms with Crippen molar-refractivity contribution < 1.29 is 19.4 Å². The van der Waals surface area contributed by atoms with E-state index in [1.807, 2.05) is 0 Å². The molecule has 1 atom stereocenters. The van der Waals surface area contributed by atoms with E-state index < -0.39 is 12.3 Å². The number of hydrogen-bond donors (Lipinski definition) is 1. The minimum atomic E-state index is -1.30. The third-order valence-corrected chi connectivity index (χ3v) is 1.31. The lowest BCUT2D eigenvalue weighted by atomic mass is 10.6. The normalized spacial score (nSPS) is 12.2. The van der Waals surface area contributed by atoms with Gasteiger partial charge in [0.15, 0.2) is 0 Å². The SMILES string of the molecule is COC(=O)c1nnc(C(O)OC)nn1. The van der Waals surface area contributed by atoms with Crippen molar-refractivity contribution in [3.63, 3.8) is 0 Å². The summed E-state index contributed by atoms with van der Waals surface area (Å²) in [4.78, 5) is 10.8. The van der Waals surface area contributed by atoms with Crippen molar-refractivity contribution in [2.45, 2.75) is 6.29 Å². The van der Waals surface area contributed by atoms with Gasteiger partial charge in [-0.05, 0) is 0 Å². The maximum absolute atomic E-state index is 10.8. The Morgan fingerprint density at radius 1 is 1.29 bits per heavy atom. The number of rotatable bonds is 3. The quantitative estimate of drug-likeness (QED) is 0.473. The zero-order chi connectivity index (χ0) is 10.6. The lowest BCUT2D eigenvalue weighted by Crippen LogP contribution is -2.15. The second-order valence-corrected chi connectivity index (χ2v) is 2.16. The van der Waals surface area contributed by atoms with Crippen molar-refractivity contribution in [2.75, 3.05) is 14.2 Å². The van der Waals surface area contributed by atoms with Gasteiger partial charge in [-0.15, -0.1) is 20.4 Å². The number of methoxy groups -OCH3 is 2. The van der Waals surface area contributed by atoms with E-state index in [4.69, 9.17) is 5.11 Å². The number of esters is 1. The zero-order valence-corrected chi connectivity index (χ0v) is 7.54. The Bertz CT molecular complexity index is 314. The van der Waals surface area contributed by atoms with Crippen LogP contribution >= 0.6 is 0 Å². The van der Waals surface area contributed by atoms with Gasteiger partial charge in [0.25, 0.3) is 5.82 Å². The van der Waals surface area contributed by atoms with Crippen LogP contribution in [0.1, 0.15) is 22.7 Å². The first kappa shape index (κ1) is 10.4. The molecule has 14 heavy (non-hydrogen) atoms. The molecular weight excluding hydrogens is 192 g/mol. The van der Waals surface area contributed by atoms with Crippen LogP contribution in [-0.2, 0) is 9.47 Å². The van der Waals surface area contributed by atoms with Crippen molar-refractivity contribution in [1.29, 1.82) is 0 Å². The van der Waals surface area contributed by atoms with Gasteiger partial charge in [-0.3, -0.25) is 0 Å². The average Bonchev–Trinajstić information content (AvgIpc) is 2.27. The van der Waals surface area contributed by atoms with Gasteiger partial charge in [0.1, 0.15) is 0 Å². The first-order valence-electron chi connectivity index (χ1n) is 3.55. The lowest BCUT2D eigenvalue weighted by Gasteiger charge is -2.03. The minimum absolute atomic E-state index is 0.125. The molecule has 1 aromatic rings. The van der Waals surface area contributed by atoms with Gasteiger partial charge in [0, 0.05) is 7.11 Å². The summed E-state index contributed by atoms with van der Waals surface area (Å²) in [6.07, 6.45) is -1.30. The second kappa shape index (κ2) is 4.53. The molecule has 76 valence electrons. The van der Waals surface area contributed by atoms with Crippen LogP contribution in [0.5, 0.6) is 0 Å². The molecular formula is C6H8N4O4. The van der Waals surface area contributed by atoms with E-state index in [0.717, 1.165) is 0 Å². The number of aliphatic hydroxyl groups excluding tert-OH is 1. The van der Waals surface area contributed by atoms with E-state index in [-0.39, 0.29) is 11.6 Å². The van der Waals surface area contributed by atoms with Crippen LogP contribution in [0, 0.1) is 0 Å². The van der Waals surface area contributed by atoms with E-state index in [1.165, 1.54) is 14.2 Å². The van der Waals surface area contributed by atoms with Gasteiger partial charge < -0.3 is 14.6 Å². The monoisotopic (exact) mass is 200 g/mol. The molecule has 8 heteroatoms. The van der Waals surface area contributed by atoms with E-state index in [1.54, 1.807) is 0 Å². The molecule has 0 bridgehead atoms. The van der Waals surface area contributed by atoms with Crippen LogP contribution in [0.4, 0.5) is 0 Å². The molecule has 0 saturated carbocycles. The smallest absolute Gasteiger partial charge is 0.379 e. The largest absolute Gasteiger partial charge is 0.463 e. The Hall–Kier alpha value is -1.67. The highest BCUT2D eigenvalue weighted by Gasteiger charge is 2.14. The summed E-state index contributed by atoms with van der Waals surface area (Å²) in [6.45, 7) is 0. The second-order valence-electron chi connectivity index (χ2n) is 2.16. The molecule has 1 unspecified atom stereocenters. The fraction of sp³-hybridized carbons (Fsp3) is 0.500. The number of aromatic nitrogens is 4. The molecule has 0 aliphatic carbocycles. The Balaban J connectivity index is 2.83. The predicted molar refractivity (Wildman–Crippen MR) is 40.9 cm³/mol. The number of aliphatic hydroxyl groups is 1. The highest BCUT2D eigenvalue weighted by molar-refractivity contribution is 5.84. The summed E-state index contributed by atoms with van der Waals surface area (Å²) < 4.78 is 8.82. The van der Waals surface area contributed by atoms with Gasteiger partial charge in [0.05, 0.1) is 7.11 Å². The van der Waals surface area contributed by atoms with Crippen LogP contribution in [0.2, 0.25) is 0 Å². The van der Waals surface area contributed by atoms with E-state index in [9.17, 15) is 4.79 Å². The Morgan fingerprint density at radius 2 is 1.86 bits per heavy atom. The van der Waals surface area contributed by atoms with Gasteiger partial charge in [-0.2, -0.15) is 0 Å². The fourth-order valence-electron chi connectivity index (χ4n) is 0.614. The highest BCUT2D eigenvalue weighted by atomic mass is 16.6. The van der Waals surface area contributed by atoms with Gasteiger partial charge in [-0.25, -0.2) is 4.79 Å². The number of nitrogens with zero attached hydrogens (tertiary/aromatic N) is 4. The third-order valence-electron chi connectivity index (χ3n) is 1.31. The van der Waals surface area contributed by atoms with E-state index >= 15 is 0 Å². The maximum atomic E-state index is 10.8. The molecule has 0 aliphatic heterocycles.